The van der Waals surface area contributed by atoms with Crippen LogP contribution >= 0.6 is 15.9 Å². The minimum Gasteiger partial charge on any atom is -0.321 e. The Balaban J connectivity index is 1.75. The molecule has 90 valence electrons. The molecule has 2 rings (SSSR count). The van der Waals surface area contributed by atoms with E-state index in [9.17, 15) is 0 Å². The van der Waals surface area contributed by atoms with Crippen LogP contribution in [0, 0.1) is 0 Å². The van der Waals surface area contributed by atoms with Gasteiger partial charge >= 0.3 is 0 Å². The maximum Gasteiger partial charge on any atom is 0.133 e. The van der Waals surface area contributed by atoms with E-state index in [4.69, 9.17) is 0 Å². The number of rotatable bonds is 5. The van der Waals surface area contributed by atoms with E-state index >= 15 is 0 Å². The SMILES string of the molecule is Cn1cnnc1CCNCc1cccc(Br)c1. The second kappa shape index (κ2) is 5.93. The van der Waals surface area contributed by atoms with Crippen LogP contribution in [0.2, 0.25) is 0 Å². The fourth-order valence-corrected chi connectivity index (χ4v) is 2.06. The number of aromatic nitrogens is 3. The topological polar surface area (TPSA) is 42.7 Å². The van der Waals surface area contributed by atoms with Crippen molar-refractivity contribution in [2.75, 3.05) is 6.54 Å². The van der Waals surface area contributed by atoms with Crippen LogP contribution in [0.1, 0.15) is 11.4 Å². The van der Waals surface area contributed by atoms with Crippen molar-refractivity contribution < 1.29 is 0 Å². The second-order valence-corrected chi connectivity index (χ2v) is 4.83. The summed E-state index contributed by atoms with van der Waals surface area (Å²) < 4.78 is 3.06. The van der Waals surface area contributed by atoms with E-state index in [2.05, 4.69) is 43.6 Å². The number of hydrogen-bond acceptors (Lipinski definition) is 3. The fraction of sp³-hybridized carbons (Fsp3) is 0.333. The van der Waals surface area contributed by atoms with Crippen molar-refractivity contribution in [1.29, 1.82) is 0 Å². The number of benzene rings is 1. The minimum absolute atomic E-state index is 0.872. The highest BCUT2D eigenvalue weighted by Gasteiger charge is 1.99. The van der Waals surface area contributed by atoms with E-state index in [1.807, 2.05) is 23.7 Å². The van der Waals surface area contributed by atoms with Crippen molar-refractivity contribution in [3.05, 3.63) is 46.5 Å². The van der Waals surface area contributed by atoms with E-state index in [0.717, 1.165) is 29.8 Å². The average molecular weight is 295 g/mol. The van der Waals surface area contributed by atoms with Crippen molar-refractivity contribution in [3.63, 3.8) is 0 Å². The van der Waals surface area contributed by atoms with E-state index in [1.165, 1.54) is 5.56 Å². The molecule has 17 heavy (non-hydrogen) atoms. The van der Waals surface area contributed by atoms with Gasteiger partial charge in [-0.1, -0.05) is 28.1 Å². The van der Waals surface area contributed by atoms with Gasteiger partial charge in [0, 0.05) is 31.0 Å². The minimum atomic E-state index is 0.872. The van der Waals surface area contributed by atoms with Crippen LogP contribution < -0.4 is 5.32 Å². The molecule has 0 aliphatic rings. The first-order chi connectivity index (χ1) is 8.25. The highest BCUT2D eigenvalue weighted by atomic mass is 79.9. The Morgan fingerprint density at radius 1 is 1.41 bits per heavy atom. The lowest BCUT2D eigenvalue weighted by Crippen LogP contribution is -2.18. The van der Waals surface area contributed by atoms with Crippen LogP contribution in [0.3, 0.4) is 0 Å². The molecule has 0 bridgehead atoms. The zero-order valence-electron chi connectivity index (χ0n) is 9.73. The molecule has 4 nitrogen and oxygen atoms in total. The molecule has 5 heteroatoms. The molecule has 0 unspecified atom stereocenters. The first kappa shape index (κ1) is 12.3. The van der Waals surface area contributed by atoms with Gasteiger partial charge in [0.1, 0.15) is 12.2 Å². The number of halogens is 1. The van der Waals surface area contributed by atoms with Crippen LogP contribution in [0.5, 0.6) is 0 Å². The average Bonchev–Trinajstić information content (AvgIpc) is 2.71. The third-order valence-electron chi connectivity index (χ3n) is 2.55. The molecule has 0 atom stereocenters. The Labute approximate surface area is 109 Å². The Morgan fingerprint density at radius 3 is 3.00 bits per heavy atom. The van der Waals surface area contributed by atoms with Crippen molar-refractivity contribution in [2.24, 2.45) is 7.05 Å². The number of aryl methyl sites for hydroxylation is 1. The van der Waals surface area contributed by atoms with Gasteiger partial charge in [0.15, 0.2) is 0 Å². The van der Waals surface area contributed by atoms with Crippen LogP contribution in [-0.4, -0.2) is 21.3 Å². The van der Waals surface area contributed by atoms with Gasteiger partial charge in [0.2, 0.25) is 0 Å². The van der Waals surface area contributed by atoms with Crippen molar-refractivity contribution in [1.82, 2.24) is 20.1 Å². The van der Waals surface area contributed by atoms with Gasteiger partial charge in [-0.2, -0.15) is 0 Å². The molecule has 0 saturated heterocycles. The molecule has 0 spiro atoms. The first-order valence-corrected chi connectivity index (χ1v) is 6.33. The summed E-state index contributed by atoms with van der Waals surface area (Å²) in [7, 11) is 1.96. The van der Waals surface area contributed by atoms with Gasteiger partial charge in [-0.05, 0) is 17.7 Å². The molecule has 1 aromatic carbocycles. The van der Waals surface area contributed by atoms with Gasteiger partial charge in [-0.3, -0.25) is 0 Å². The lowest BCUT2D eigenvalue weighted by atomic mass is 10.2. The van der Waals surface area contributed by atoms with E-state index in [0.29, 0.717) is 0 Å². The summed E-state index contributed by atoms with van der Waals surface area (Å²) in [6, 6.07) is 8.31. The molecular weight excluding hydrogens is 280 g/mol. The standard InChI is InChI=1S/C12H15BrN4/c1-17-9-15-16-12(17)5-6-14-8-10-3-2-4-11(13)7-10/h2-4,7,9,14H,5-6,8H2,1H3. The highest BCUT2D eigenvalue weighted by Crippen LogP contribution is 2.11. The quantitative estimate of drug-likeness (QED) is 0.857. The number of nitrogens with zero attached hydrogens (tertiary/aromatic N) is 3. The molecule has 0 aliphatic carbocycles. The van der Waals surface area contributed by atoms with Crippen molar-refractivity contribution >= 4 is 15.9 Å². The molecule has 0 radical (unpaired) electrons. The van der Waals surface area contributed by atoms with Crippen LogP contribution in [0.4, 0.5) is 0 Å². The van der Waals surface area contributed by atoms with Crippen molar-refractivity contribution in [3.8, 4) is 0 Å². The Bertz CT molecular complexity index is 481. The Kier molecular flexibility index (Phi) is 4.28. The maximum atomic E-state index is 4.04. The lowest BCUT2D eigenvalue weighted by Gasteiger charge is -2.05. The van der Waals surface area contributed by atoms with Gasteiger partial charge in [-0.25, -0.2) is 0 Å². The normalized spacial score (nSPS) is 10.7. The summed E-state index contributed by atoms with van der Waals surface area (Å²) in [5.41, 5.74) is 1.28. The summed E-state index contributed by atoms with van der Waals surface area (Å²) >= 11 is 3.46. The van der Waals surface area contributed by atoms with Crippen LogP contribution in [-0.2, 0) is 20.0 Å². The van der Waals surface area contributed by atoms with Gasteiger partial charge in [0.05, 0.1) is 0 Å². The predicted octanol–water partition coefficient (Wildman–Crippen LogP) is 1.91. The molecule has 1 aromatic heterocycles. The molecule has 0 saturated carbocycles. The first-order valence-electron chi connectivity index (χ1n) is 5.54. The largest absolute Gasteiger partial charge is 0.321 e. The zero-order valence-corrected chi connectivity index (χ0v) is 11.3. The third-order valence-corrected chi connectivity index (χ3v) is 3.04. The summed E-state index contributed by atoms with van der Waals surface area (Å²) in [4.78, 5) is 0. The summed E-state index contributed by atoms with van der Waals surface area (Å²) in [6.45, 7) is 1.77. The van der Waals surface area contributed by atoms with E-state index in [1.54, 1.807) is 6.33 Å². The highest BCUT2D eigenvalue weighted by molar-refractivity contribution is 9.10. The molecular formula is C12H15BrN4. The molecule has 2 aromatic rings. The van der Waals surface area contributed by atoms with Gasteiger partial charge in [0.25, 0.3) is 0 Å². The molecule has 0 aliphatic heterocycles. The van der Waals surface area contributed by atoms with E-state index in [-0.39, 0.29) is 0 Å². The van der Waals surface area contributed by atoms with Crippen LogP contribution in [0.25, 0.3) is 0 Å². The maximum absolute atomic E-state index is 4.04. The van der Waals surface area contributed by atoms with Crippen molar-refractivity contribution in [2.45, 2.75) is 13.0 Å². The predicted molar refractivity (Wildman–Crippen MR) is 70.6 cm³/mol. The Hall–Kier alpha value is -1.20. The lowest BCUT2D eigenvalue weighted by molar-refractivity contribution is 0.653. The second-order valence-electron chi connectivity index (χ2n) is 3.91. The fourth-order valence-electron chi connectivity index (χ4n) is 1.61. The summed E-state index contributed by atoms with van der Waals surface area (Å²) in [5, 5.41) is 11.3. The smallest absolute Gasteiger partial charge is 0.133 e. The van der Waals surface area contributed by atoms with E-state index < -0.39 is 0 Å². The monoisotopic (exact) mass is 294 g/mol. The molecule has 0 fully saturated rings. The third kappa shape index (κ3) is 3.64. The molecule has 1 N–H and O–H groups in total. The van der Waals surface area contributed by atoms with Gasteiger partial charge < -0.3 is 9.88 Å². The van der Waals surface area contributed by atoms with Crippen LogP contribution in [0.15, 0.2) is 35.1 Å². The zero-order chi connectivity index (χ0) is 12.1. The summed E-state index contributed by atoms with van der Waals surface area (Å²) in [6.07, 6.45) is 2.62. The number of hydrogen-bond donors (Lipinski definition) is 1. The summed E-state index contributed by atoms with van der Waals surface area (Å²) in [5.74, 6) is 1.01. The van der Waals surface area contributed by atoms with Gasteiger partial charge in [-0.15, -0.1) is 10.2 Å². The molecule has 1 heterocycles. The number of nitrogens with one attached hydrogen (secondary N) is 1. The molecule has 0 amide bonds. The Morgan fingerprint density at radius 2 is 2.29 bits per heavy atom.